The van der Waals surface area contributed by atoms with E-state index in [2.05, 4.69) is 24.2 Å². The number of likely N-dealkylation sites (tertiary alicyclic amines) is 1. The molecule has 0 N–H and O–H groups in total. The smallest absolute Gasteiger partial charge is 0.267 e. The highest BCUT2D eigenvalue weighted by Gasteiger charge is 2.34. The first-order valence-corrected chi connectivity index (χ1v) is 8.78. The number of benzene rings is 1. The molecule has 1 aliphatic heterocycles. The summed E-state index contributed by atoms with van der Waals surface area (Å²) in [5, 5.41) is 4.26. The maximum Gasteiger partial charge on any atom is 0.267 e. The van der Waals surface area contributed by atoms with Crippen molar-refractivity contribution >= 4 is 5.91 Å². The Balaban J connectivity index is 1.77. The third kappa shape index (κ3) is 3.65. The first-order chi connectivity index (χ1) is 11.9. The fraction of sp³-hybridized carbons (Fsp3) is 0.450. The molecule has 1 aliphatic rings. The molecular weight excluding hydrogens is 314 g/mol. The standard InChI is InChI=1S/C20H25N3O2/c1-15-12-18(24)23(21-16(15)2)13-19(25)22-11-7-10-20(3,14-22)17-8-5-4-6-9-17/h4-6,8-9,12H,7,10-11,13-14H2,1-3H3. The quantitative estimate of drug-likeness (QED) is 0.863. The second kappa shape index (κ2) is 6.82. The van der Waals surface area contributed by atoms with Crippen LogP contribution in [0.4, 0.5) is 0 Å². The van der Waals surface area contributed by atoms with Crippen LogP contribution in [0.2, 0.25) is 0 Å². The van der Waals surface area contributed by atoms with Gasteiger partial charge in [0, 0.05) is 24.6 Å². The van der Waals surface area contributed by atoms with E-state index in [0.717, 1.165) is 30.6 Å². The largest absolute Gasteiger partial charge is 0.340 e. The van der Waals surface area contributed by atoms with Crippen LogP contribution in [0.15, 0.2) is 41.2 Å². The van der Waals surface area contributed by atoms with Crippen LogP contribution in [0.1, 0.15) is 36.6 Å². The Kier molecular flexibility index (Phi) is 4.75. The van der Waals surface area contributed by atoms with E-state index in [1.54, 1.807) is 6.07 Å². The lowest BCUT2D eigenvalue weighted by atomic mass is 9.76. The Morgan fingerprint density at radius 2 is 1.96 bits per heavy atom. The molecular formula is C20H25N3O2. The molecule has 1 saturated heterocycles. The van der Waals surface area contributed by atoms with E-state index in [9.17, 15) is 9.59 Å². The Labute approximate surface area is 148 Å². The molecule has 5 nitrogen and oxygen atoms in total. The lowest BCUT2D eigenvalue weighted by Crippen LogP contribution is -2.48. The van der Waals surface area contributed by atoms with E-state index in [4.69, 9.17) is 0 Å². The molecule has 1 amide bonds. The maximum atomic E-state index is 12.8. The van der Waals surface area contributed by atoms with Crippen molar-refractivity contribution in [2.45, 2.75) is 45.6 Å². The number of piperidine rings is 1. The minimum absolute atomic E-state index is 0.00478. The molecule has 5 heteroatoms. The van der Waals surface area contributed by atoms with E-state index in [0.29, 0.717) is 6.54 Å². The predicted octanol–water partition coefficient (Wildman–Crippen LogP) is 2.44. The average molecular weight is 339 g/mol. The third-order valence-electron chi connectivity index (χ3n) is 5.24. The van der Waals surface area contributed by atoms with E-state index >= 15 is 0 Å². The summed E-state index contributed by atoms with van der Waals surface area (Å²) in [6.07, 6.45) is 2.02. The molecule has 1 fully saturated rings. The normalized spacial score (nSPS) is 20.5. The van der Waals surface area contributed by atoms with Gasteiger partial charge in [-0.25, -0.2) is 4.68 Å². The molecule has 25 heavy (non-hydrogen) atoms. The van der Waals surface area contributed by atoms with Crippen LogP contribution in [0.3, 0.4) is 0 Å². The first kappa shape index (κ1) is 17.4. The van der Waals surface area contributed by atoms with Crippen LogP contribution >= 0.6 is 0 Å². The summed E-state index contributed by atoms with van der Waals surface area (Å²) in [5.41, 5.74) is 2.62. The summed E-state index contributed by atoms with van der Waals surface area (Å²) >= 11 is 0. The molecule has 1 atom stereocenters. The summed E-state index contributed by atoms with van der Waals surface area (Å²) in [6, 6.07) is 11.9. The highest BCUT2D eigenvalue weighted by atomic mass is 16.2. The number of carbonyl (C=O) groups excluding carboxylic acids is 1. The van der Waals surface area contributed by atoms with Gasteiger partial charge >= 0.3 is 0 Å². The van der Waals surface area contributed by atoms with E-state index in [-0.39, 0.29) is 23.4 Å². The van der Waals surface area contributed by atoms with Crippen molar-refractivity contribution in [3.8, 4) is 0 Å². The maximum absolute atomic E-state index is 12.8. The topological polar surface area (TPSA) is 55.2 Å². The SMILES string of the molecule is Cc1cc(=O)n(CC(=O)N2CCCC(C)(c3ccccc3)C2)nc1C. The number of aromatic nitrogens is 2. The zero-order chi connectivity index (χ0) is 18.0. The van der Waals surface area contributed by atoms with Crippen LogP contribution in [-0.2, 0) is 16.8 Å². The van der Waals surface area contributed by atoms with Crippen molar-refractivity contribution in [1.29, 1.82) is 0 Å². The molecule has 0 spiro atoms. The molecule has 0 aliphatic carbocycles. The van der Waals surface area contributed by atoms with Gasteiger partial charge in [-0.15, -0.1) is 0 Å². The highest BCUT2D eigenvalue weighted by molar-refractivity contribution is 5.76. The van der Waals surface area contributed by atoms with Gasteiger partial charge in [-0.3, -0.25) is 9.59 Å². The molecule has 0 bridgehead atoms. The second-order valence-electron chi connectivity index (χ2n) is 7.25. The van der Waals surface area contributed by atoms with Crippen LogP contribution in [-0.4, -0.2) is 33.7 Å². The van der Waals surface area contributed by atoms with Crippen LogP contribution in [0.25, 0.3) is 0 Å². The monoisotopic (exact) mass is 339 g/mol. The minimum atomic E-state index is -0.223. The summed E-state index contributed by atoms with van der Waals surface area (Å²) in [7, 11) is 0. The molecule has 2 aromatic rings. The van der Waals surface area contributed by atoms with Crippen molar-refractivity contribution in [3.63, 3.8) is 0 Å². The fourth-order valence-corrected chi connectivity index (χ4v) is 3.54. The number of carbonyl (C=O) groups is 1. The summed E-state index contributed by atoms with van der Waals surface area (Å²) in [5.74, 6) is -0.0419. The lowest BCUT2D eigenvalue weighted by Gasteiger charge is -2.41. The highest BCUT2D eigenvalue weighted by Crippen LogP contribution is 2.33. The van der Waals surface area contributed by atoms with Gasteiger partial charge in [0.15, 0.2) is 0 Å². The number of nitrogens with zero attached hydrogens (tertiary/aromatic N) is 3. The summed E-state index contributed by atoms with van der Waals surface area (Å²) in [4.78, 5) is 26.7. The second-order valence-corrected chi connectivity index (χ2v) is 7.25. The Morgan fingerprint density at radius 1 is 1.24 bits per heavy atom. The summed E-state index contributed by atoms with van der Waals surface area (Å²) in [6.45, 7) is 7.33. The van der Waals surface area contributed by atoms with E-state index in [1.165, 1.54) is 10.2 Å². The van der Waals surface area contributed by atoms with Crippen LogP contribution in [0, 0.1) is 13.8 Å². The van der Waals surface area contributed by atoms with Gasteiger partial charge in [-0.05, 0) is 37.8 Å². The van der Waals surface area contributed by atoms with Crippen molar-refractivity contribution in [2.24, 2.45) is 0 Å². The Morgan fingerprint density at radius 3 is 2.68 bits per heavy atom. The minimum Gasteiger partial charge on any atom is -0.340 e. The van der Waals surface area contributed by atoms with Crippen LogP contribution in [0.5, 0.6) is 0 Å². The number of hydrogen-bond donors (Lipinski definition) is 0. The zero-order valence-electron chi connectivity index (χ0n) is 15.2. The molecule has 132 valence electrons. The average Bonchev–Trinajstić information content (AvgIpc) is 2.60. The van der Waals surface area contributed by atoms with E-state index in [1.807, 2.05) is 36.9 Å². The third-order valence-corrected chi connectivity index (χ3v) is 5.24. The number of aryl methyl sites for hydroxylation is 2. The Hall–Kier alpha value is -2.43. The van der Waals surface area contributed by atoms with Gasteiger partial charge in [-0.1, -0.05) is 37.3 Å². The number of hydrogen-bond acceptors (Lipinski definition) is 3. The van der Waals surface area contributed by atoms with Crippen LogP contribution < -0.4 is 5.56 Å². The molecule has 1 aromatic heterocycles. The predicted molar refractivity (Wildman–Crippen MR) is 97.6 cm³/mol. The van der Waals surface area contributed by atoms with Crippen molar-refractivity contribution < 1.29 is 4.79 Å². The molecule has 2 heterocycles. The van der Waals surface area contributed by atoms with Gasteiger partial charge in [-0.2, -0.15) is 5.10 Å². The van der Waals surface area contributed by atoms with Gasteiger partial charge < -0.3 is 4.90 Å². The Bertz CT molecular complexity index is 829. The molecule has 0 radical (unpaired) electrons. The molecule has 3 rings (SSSR count). The van der Waals surface area contributed by atoms with Gasteiger partial charge in [0.2, 0.25) is 5.91 Å². The zero-order valence-corrected chi connectivity index (χ0v) is 15.2. The molecule has 0 saturated carbocycles. The molecule has 1 aromatic carbocycles. The van der Waals surface area contributed by atoms with Gasteiger partial charge in [0.1, 0.15) is 6.54 Å². The van der Waals surface area contributed by atoms with Crippen molar-refractivity contribution in [3.05, 3.63) is 63.6 Å². The molecule has 1 unspecified atom stereocenters. The van der Waals surface area contributed by atoms with Crippen molar-refractivity contribution in [2.75, 3.05) is 13.1 Å². The van der Waals surface area contributed by atoms with Gasteiger partial charge in [0.05, 0.1) is 5.69 Å². The summed E-state index contributed by atoms with van der Waals surface area (Å²) < 4.78 is 1.28. The number of amides is 1. The van der Waals surface area contributed by atoms with Crippen molar-refractivity contribution in [1.82, 2.24) is 14.7 Å². The van der Waals surface area contributed by atoms with Gasteiger partial charge in [0.25, 0.3) is 5.56 Å². The lowest BCUT2D eigenvalue weighted by molar-refractivity contribution is -0.134. The first-order valence-electron chi connectivity index (χ1n) is 8.78. The van der Waals surface area contributed by atoms with E-state index < -0.39 is 0 Å². The fourth-order valence-electron chi connectivity index (χ4n) is 3.54. The number of rotatable bonds is 3.